The lowest BCUT2D eigenvalue weighted by molar-refractivity contribution is 0.0314. The van der Waals surface area contributed by atoms with E-state index in [-0.39, 0.29) is 11.5 Å². The van der Waals surface area contributed by atoms with Crippen molar-refractivity contribution >= 4 is 34.7 Å². The fraction of sp³-hybridized carbons (Fsp3) is 0.150. The highest BCUT2D eigenvalue weighted by Crippen LogP contribution is 2.26. The molecule has 138 valence electrons. The molecule has 0 saturated carbocycles. The number of methoxy groups -OCH3 is 1. The Morgan fingerprint density at radius 2 is 1.74 bits per heavy atom. The van der Waals surface area contributed by atoms with Gasteiger partial charge in [-0.25, -0.2) is 9.78 Å². The average Bonchev–Trinajstić information content (AvgIpc) is 3.18. The van der Waals surface area contributed by atoms with Crippen LogP contribution >= 0.6 is 22.9 Å². The first-order valence-corrected chi connectivity index (χ1v) is 9.34. The van der Waals surface area contributed by atoms with Crippen LogP contribution < -0.4 is 4.74 Å². The van der Waals surface area contributed by atoms with E-state index in [1.807, 2.05) is 24.3 Å². The molecule has 0 fully saturated rings. The zero-order valence-corrected chi connectivity index (χ0v) is 16.2. The van der Waals surface area contributed by atoms with E-state index in [1.165, 1.54) is 18.3 Å². The van der Waals surface area contributed by atoms with Gasteiger partial charge in [-0.05, 0) is 55.5 Å². The number of Topliss-reactive ketones (excluding diaryl/α,β-unsaturated/α-hetero) is 1. The zero-order chi connectivity index (χ0) is 19.4. The van der Waals surface area contributed by atoms with Gasteiger partial charge in [-0.1, -0.05) is 11.6 Å². The predicted octanol–water partition coefficient (Wildman–Crippen LogP) is 4.90. The predicted molar refractivity (Wildman–Crippen MR) is 105 cm³/mol. The van der Waals surface area contributed by atoms with Crippen molar-refractivity contribution in [1.82, 2.24) is 4.98 Å². The van der Waals surface area contributed by atoms with E-state index in [1.54, 1.807) is 36.8 Å². The fourth-order valence-electron chi connectivity index (χ4n) is 2.36. The highest BCUT2D eigenvalue weighted by atomic mass is 35.5. The lowest BCUT2D eigenvalue weighted by Gasteiger charge is -2.11. The number of carbonyl (C=O) groups is 2. The van der Waals surface area contributed by atoms with Crippen LogP contribution in [-0.4, -0.2) is 30.0 Å². The maximum absolute atomic E-state index is 12.4. The number of hydrogen-bond acceptors (Lipinski definition) is 6. The third kappa shape index (κ3) is 4.53. The van der Waals surface area contributed by atoms with Crippen LogP contribution in [0.2, 0.25) is 5.02 Å². The summed E-state index contributed by atoms with van der Waals surface area (Å²) in [6.45, 7) is 1.53. The summed E-state index contributed by atoms with van der Waals surface area (Å²) >= 11 is 7.14. The van der Waals surface area contributed by atoms with Crippen LogP contribution in [0, 0.1) is 0 Å². The monoisotopic (exact) mass is 401 g/mol. The maximum Gasteiger partial charge on any atom is 0.358 e. The van der Waals surface area contributed by atoms with Crippen LogP contribution in [0.25, 0.3) is 10.6 Å². The van der Waals surface area contributed by atoms with Gasteiger partial charge < -0.3 is 9.47 Å². The normalized spacial score (nSPS) is 11.7. The fourth-order valence-corrected chi connectivity index (χ4v) is 3.28. The Kier molecular flexibility index (Phi) is 5.88. The SMILES string of the molecule is COc1ccc(-c2nc(C(=O)O[C@@H](C)C(=O)c3ccc(Cl)cc3)cs2)cc1. The molecule has 0 spiro atoms. The molecular formula is C20H16ClNO4S. The lowest BCUT2D eigenvalue weighted by atomic mass is 10.1. The summed E-state index contributed by atoms with van der Waals surface area (Å²) in [6, 6.07) is 13.8. The summed E-state index contributed by atoms with van der Waals surface area (Å²) < 4.78 is 10.4. The number of ketones is 1. The summed E-state index contributed by atoms with van der Waals surface area (Å²) in [4.78, 5) is 29.0. The van der Waals surface area contributed by atoms with Crippen LogP contribution in [0.4, 0.5) is 0 Å². The van der Waals surface area contributed by atoms with Crippen LogP contribution in [0.3, 0.4) is 0 Å². The molecule has 0 saturated heterocycles. The van der Waals surface area contributed by atoms with Crippen molar-refractivity contribution in [2.45, 2.75) is 13.0 Å². The lowest BCUT2D eigenvalue weighted by Crippen LogP contribution is -2.24. The molecule has 1 aromatic heterocycles. The van der Waals surface area contributed by atoms with Gasteiger partial charge in [-0.2, -0.15) is 0 Å². The molecule has 3 aromatic rings. The quantitative estimate of drug-likeness (QED) is 0.434. The number of benzene rings is 2. The van der Waals surface area contributed by atoms with E-state index in [9.17, 15) is 9.59 Å². The van der Waals surface area contributed by atoms with Gasteiger partial charge in [-0.15, -0.1) is 11.3 Å². The van der Waals surface area contributed by atoms with E-state index in [0.717, 1.165) is 11.3 Å². The van der Waals surface area contributed by atoms with Gasteiger partial charge in [0, 0.05) is 21.5 Å². The van der Waals surface area contributed by atoms with Crippen molar-refractivity contribution in [1.29, 1.82) is 0 Å². The molecule has 3 rings (SSSR count). The molecule has 27 heavy (non-hydrogen) atoms. The molecule has 0 unspecified atom stereocenters. The van der Waals surface area contributed by atoms with Crippen molar-refractivity contribution in [2.75, 3.05) is 7.11 Å². The first-order valence-electron chi connectivity index (χ1n) is 8.08. The van der Waals surface area contributed by atoms with Gasteiger partial charge in [0.15, 0.2) is 11.8 Å². The molecule has 7 heteroatoms. The van der Waals surface area contributed by atoms with Crippen LogP contribution in [-0.2, 0) is 4.74 Å². The number of nitrogens with zero attached hydrogens (tertiary/aromatic N) is 1. The van der Waals surface area contributed by atoms with Crippen LogP contribution in [0.1, 0.15) is 27.8 Å². The van der Waals surface area contributed by atoms with Gasteiger partial charge in [0.25, 0.3) is 0 Å². The van der Waals surface area contributed by atoms with Crippen molar-refractivity contribution in [3.63, 3.8) is 0 Å². The number of halogens is 1. The maximum atomic E-state index is 12.4. The van der Waals surface area contributed by atoms with Gasteiger partial charge >= 0.3 is 5.97 Å². The van der Waals surface area contributed by atoms with E-state index >= 15 is 0 Å². The summed E-state index contributed by atoms with van der Waals surface area (Å²) in [6.07, 6.45) is -0.926. The number of hydrogen-bond donors (Lipinski definition) is 0. The third-order valence-corrected chi connectivity index (χ3v) is 4.98. The molecule has 0 aliphatic heterocycles. The van der Waals surface area contributed by atoms with Crippen molar-refractivity contribution in [2.24, 2.45) is 0 Å². The van der Waals surface area contributed by atoms with E-state index in [0.29, 0.717) is 15.6 Å². The number of thiazole rings is 1. The zero-order valence-electron chi connectivity index (χ0n) is 14.6. The molecule has 5 nitrogen and oxygen atoms in total. The highest BCUT2D eigenvalue weighted by Gasteiger charge is 2.22. The minimum absolute atomic E-state index is 0.168. The highest BCUT2D eigenvalue weighted by molar-refractivity contribution is 7.13. The topological polar surface area (TPSA) is 65.5 Å². The number of esters is 1. The smallest absolute Gasteiger partial charge is 0.358 e. The van der Waals surface area contributed by atoms with E-state index in [2.05, 4.69) is 4.98 Å². The average molecular weight is 402 g/mol. The van der Waals surface area contributed by atoms with Gasteiger partial charge in [0.05, 0.1) is 7.11 Å². The second kappa shape index (κ2) is 8.33. The number of aromatic nitrogens is 1. The molecule has 2 aromatic carbocycles. The van der Waals surface area contributed by atoms with Gasteiger partial charge in [0.1, 0.15) is 10.8 Å². The van der Waals surface area contributed by atoms with E-state index < -0.39 is 12.1 Å². The minimum atomic E-state index is -0.926. The number of ether oxygens (including phenoxy) is 2. The summed E-state index contributed by atoms with van der Waals surface area (Å²) in [5.74, 6) is -0.198. The number of rotatable bonds is 6. The van der Waals surface area contributed by atoms with Gasteiger partial charge in [0.2, 0.25) is 5.78 Å². The molecule has 0 bridgehead atoms. The minimum Gasteiger partial charge on any atom is -0.497 e. The molecule has 0 aliphatic carbocycles. The third-order valence-electron chi connectivity index (χ3n) is 3.83. The Labute approximate surface area is 165 Å². The largest absolute Gasteiger partial charge is 0.497 e. The summed E-state index contributed by atoms with van der Waals surface area (Å²) in [5.41, 5.74) is 1.46. The van der Waals surface area contributed by atoms with Crippen LogP contribution in [0.5, 0.6) is 5.75 Å². The second-order valence-electron chi connectivity index (χ2n) is 5.69. The Morgan fingerprint density at radius 1 is 1.07 bits per heavy atom. The Morgan fingerprint density at radius 3 is 2.37 bits per heavy atom. The Hall–Kier alpha value is -2.70. The molecule has 0 radical (unpaired) electrons. The molecule has 1 heterocycles. The second-order valence-corrected chi connectivity index (χ2v) is 6.98. The summed E-state index contributed by atoms with van der Waals surface area (Å²) in [5, 5.41) is 2.83. The first kappa shape index (κ1) is 19.1. The molecule has 0 aliphatic rings. The van der Waals surface area contributed by atoms with Crippen LogP contribution in [0.15, 0.2) is 53.9 Å². The van der Waals surface area contributed by atoms with Crippen molar-refractivity contribution < 1.29 is 19.1 Å². The standard InChI is InChI=1S/C20H16ClNO4S/c1-12(18(23)13-3-7-15(21)8-4-13)26-20(24)17-11-27-19(22-17)14-5-9-16(25-2)10-6-14/h3-12H,1-2H3/t12-/m0/s1. The summed E-state index contributed by atoms with van der Waals surface area (Å²) in [7, 11) is 1.60. The molecule has 0 amide bonds. The van der Waals surface area contributed by atoms with E-state index in [4.69, 9.17) is 21.1 Å². The number of carbonyl (C=O) groups excluding carboxylic acids is 2. The van der Waals surface area contributed by atoms with Crippen molar-refractivity contribution in [3.05, 3.63) is 70.2 Å². The molecule has 0 N–H and O–H groups in total. The Balaban J connectivity index is 1.68. The van der Waals surface area contributed by atoms with Crippen molar-refractivity contribution in [3.8, 4) is 16.3 Å². The Bertz CT molecular complexity index is 951. The molecule has 1 atom stereocenters. The first-order chi connectivity index (χ1) is 13.0. The van der Waals surface area contributed by atoms with Gasteiger partial charge in [-0.3, -0.25) is 4.79 Å². The molecular weight excluding hydrogens is 386 g/mol.